The summed E-state index contributed by atoms with van der Waals surface area (Å²) >= 11 is 0. The quantitative estimate of drug-likeness (QED) is 0.588. The first-order valence-corrected chi connectivity index (χ1v) is 6.40. The van der Waals surface area contributed by atoms with Crippen LogP contribution in [0.1, 0.15) is 38.3 Å². The second-order valence-corrected chi connectivity index (χ2v) is 4.16. The molecule has 0 fully saturated rings. The van der Waals surface area contributed by atoms with Gasteiger partial charge in [0.25, 0.3) is 0 Å². The molecule has 0 bridgehead atoms. The fraction of sp³-hybridized carbons (Fsp3) is 0.312. The maximum absolute atomic E-state index is 5.42. The zero-order chi connectivity index (χ0) is 12.6. The van der Waals surface area contributed by atoms with Crippen molar-refractivity contribution in [3.05, 3.63) is 42.3 Å². The van der Waals surface area contributed by atoms with Gasteiger partial charge >= 0.3 is 0 Å². The zero-order valence-corrected chi connectivity index (χ0v) is 10.6. The molecule has 1 heterocycles. The van der Waals surface area contributed by atoms with E-state index in [1.807, 2.05) is 30.3 Å². The van der Waals surface area contributed by atoms with Crippen molar-refractivity contribution in [1.82, 2.24) is 4.98 Å². The number of oxazole rings is 1. The highest BCUT2D eigenvalue weighted by atomic mass is 16.3. The normalized spacial score (nSPS) is 9.83. The third-order valence-electron chi connectivity index (χ3n) is 2.65. The minimum atomic E-state index is 0.633. The molecule has 92 valence electrons. The van der Waals surface area contributed by atoms with E-state index in [4.69, 9.17) is 4.42 Å². The summed E-state index contributed by atoms with van der Waals surface area (Å²) in [6, 6.07) is 9.86. The van der Waals surface area contributed by atoms with Crippen LogP contribution in [0.25, 0.3) is 11.5 Å². The molecule has 0 spiro atoms. The first-order valence-electron chi connectivity index (χ1n) is 6.40. The number of benzene rings is 1. The summed E-state index contributed by atoms with van der Waals surface area (Å²) in [5.74, 6) is 6.80. The van der Waals surface area contributed by atoms with Gasteiger partial charge in [0.05, 0.1) is 0 Å². The van der Waals surface area contributed by atoms with E-state index in [0.717, 1.165) is 18.4 Å². The smallest absolute Gasteiger partial charge is 0.227 e. The molecule has 0 saturated heterocycles. The molecule has 1 aromatic heterocycles. The lowest BCUT2D eigenvalue weighted by molar-refractivity contribution is 0.574. The molecule has 0 amide bonds. The van der Waals surface area contributed by atoms with Gasteiger partial charge in [-0.15, -0.1) is 0 Å². The number of hydrogen-bond donors (Lipinski definition) is 0. The number of aromatic nitrogens is 1. The van der Waals surface area contributed by atoms with Gasteiger partial charge in [0.15, 0.2) is 5.69 Å². The van der Waals surface area contributed by atoms with Crippen LogP contribution in [0.5, 0.6) is 0 Å². The van der Waals surface area contributed by atoms with Crippen molar-refractivity contribution in [3.63, 3.8) is 0 Å². The van der Waals surface area contributed by atoms with Crippen molar-refractivity contribution >= 4 is 0 Å². The average molecular weight is 239 g/mol. The molecule has 0 atom stereocenters. The van der Waals surface area contributed by atoms with Crippen molar-refractivity contribution in [2.24, 2.45) is 0 Å². The van der Waals surface area contributed by atoms with Crippen molar-refractivity contribution in [3.8, 4) is 23.3 Å². The molecule has 2 aromatic rings. The van der Waals surface area contributed by atoms with Crippen LogP contribution in [0.4, 0.5) is 0 Å². The number of unbranched alkanes of at least 4 members (excludes halogenated alkanes) is 3. The van der Waals surface area contributed by atoms with Gasteiger partial charge in [-0.3, -0.25) is 0 Å². The molecule has 0 N–H and O–H groups in total. The van der Waals surface area contributed by atoms with Gasteiger partial charge in [0, 0.05) is 12.0 Å². The van der Waals surface area contributed by atoms with Crippen LogP contribution in [0.2, 0.25) is 0 Å². The highest BCUT2D eigenvalue weighted by Gasteiger charge is 2.03. The van der Waals surface area contributed by atoms with Crippen LogP contribution in [-0.2, 0) is 0 Å². The molecule has 2 heteroatoms. The summed E-state index contributed by atoms with van der Waals surface area (Å²) in [6.07, 6.45) is 6.18. The van der Waals surface area contributed by atoms with Crippen molar-refractivity contribution < 1.29 is 4.42 Å². The highest BCUT2D eigenvalue weighted by molar-refractivity contribution is 5.53. The maximum Gasteiger partial charge on any atom is 0.227 e. The third kappa shape index (κ3) is 3.49. The molecule has 2 nitrogen and oxygen atoms in total. The predicted octanol–water partition coefficient (Wildman–Crippen LogP) is 4.27. The Labute approximate surface area is 108 Å². The molecule has 2 rings (SSSR count). The third-order valence-corrected chi connectivity index (χ3v) is 2.65. The number of rotatable bonds is 4. The lowest BCUT2D eigenvalue weighted by Crippen LogP contribution is -1.78. The average Bonchev–Trinajstić information content (AvgIpc) is 2.88. The van der Waals surface area contributed by atoms with E-state index < -0.39 is 0 Å². The Kier molecular flexibility index (Phi) is 4.60. The fourth-order valence-corrected chi connectivity index (χ4v) is 1.66. The molecule has 18 heavy (non-hydrogen) atoms. The molecule has 0 saturated carbocycles. The summed E-state index contributed by atoms with van der Waals surface area (Å²) < 4.78 is 5.42. The van der Waals surface area contributed by atoms with Crippen LogP contribution in [-0.4, -0.2) is 4.98 Å². The van der Waals surface area contributed by atoms with Gasteiger partial charge in [-0.1, -0.05) is 43.9 Å². The molecule has 0 aliphatic heterocycles. The zero-order valence-electron chi connectivity index (χ0n) is 10.6. The van der Waals surface area contributed by atoms with E-state index in [0.29, 0.717) is 11.6 Å². The van der Waals surface area contributed by atoms with Gasteiger partial charge in [-0.25, -0.2) is 4.98 Å². The second kappa shape index (κ2) is 6.66. The van der Waals surface area contributed by atoms with Crippen molar-refractivity contribution in [1.29, 1.82) is 0 Å². The Hall–Kier alpha value is -2.01. The van der Waals surface area contributed by atoms with Crippen LogP contribution in [0.3, 0.4) is 0 Å². The molecule has 0 unspecified atom stereocenters. The molecule has 0 aliphatic rings. The molecule has 0 radical (unpaired) electrons. The Morgan fingerprint density at radius 3 is 2.78 bits per heavy atom. The van der Waals surface area contributed by atoms with Gasteiger partial charge in [0.2, 0.25) is 5.89 Å². The molecular weight excluding hydrogens is 222 g/mol. The van der Waals surface area contributed by atoms with Gasteiger partial charge < -0.3 is 4.42 Å². The van der Waals surface area contributed by atoms with Gasteiger partial charge in [0.1, 0.15) is 6.26 Å². The summed E-state index contributed by atoms with van der Waals surface area (Å²) in [5.41, 5.74) is 1.70. The van der Waals surface area contributed by atoms with E-state index in [9.17, 15) is 0 Å². The predicted molar refractivity (Wildman–Crippen MR) is 73.0 cm³/mol. The maximum atomic E-state index is 5.42. The largest absolute Gasteiger partial charge is 0.443 e. The first kappa shape index (κ1) is 12.4. The SMILES string of the molecule is CCCCCC#Cc1coc(-c2ccccc2)n1. The second-order valence-electron chi connectivity index (χ2n) is 4.16. The Balaban J connectivity index is 1.98. The van der Waals surface area contributed by atoms with E-state index in [-0.39, 0.29) is 0 Å². The lowest BCUT2D eigenvalue weighted by atomic mass is 10.2. The topological polar surface area (TPSA) is 26.0 Å². The minimum absolute atomic E-state index is 0.633. The van der Waals surface area contributed by atoms with E-state index >= 15 is 0 Å². The van der Waals surface area contributed by atoms with Crippen molar-refractivity contribution in [2.75, 3.05) is 0 Å². The van der Waals surface area contributed by atoms with Crippen LogP contribution in [0.15, 0.2) is 41.0 Å². The standard InChI is InChI=1S/C16H17NO/c1-2-3-4-5-9-12-15-13-18-16(17-15)14-10-7-6-8-11-14/h6-8,10-11,13H,2-5H2,1H3. The number of hydrogen-bond acceptors (Lipinski definition) is 2. The summed E-state index contributed by atoms with van der Waals surface area (Å²) in [6.45, 7) is 2.19. The Morgan fingerprint density at radius 2 is 2.00 bits per heavy atom. The number of nitrogens with zero attached hydrogens (tertiary/aromatic N) is 1. The molecule has 1 aromatic carbocycles. The van der Waals surface area contributed by atoms with Gasteiger partial charge in [-0.05, 0) is 24.5 Å². The van der Waals surface area contributed by atoms with Crippen LogP contribution in [0, 0.1) is 11.8 Å². The fourth-order valence-electron chi connectivity index (χ4n) is 1.66. The molecule has 0 aliphatic carbocycles. The minimum Gasteiger partial charge on any atom is -0.443 e. The van der Waals surface area contributed by atoms with Crippen molar-refractivity contribution in [2.45, 2.75) is 32.6 Å². The molecular formula is C16H17NO. The van der Waals surface area contributed by atoms with E-state index in [2.05, 4.69) is 23.7 Å². The summed E-state index contributed by atoms with van der Waals surface area (Å²) in [7, 11) is 0. The van der Waals surface area contributed by atoms with E-state index in [1.54, 1.807) is 6.26 Å². The first-order chi connectivity index (χ1) is 8.90. The van der Waals surface area contributed by atoms with Crippen LogP contribution >= 0.6 is 0 Å². The Morgan fingerprint density at radius 1 is 1.17 bits per heavy atom. The van der Waals surface area contributed by atoms with Gasteiger partial charge in [-0.2, -0.15) is 0 Å². The summed E-state index contributed by atoms with van der Waals surface area (Å²) in [4.78, 5) is 4.36. The van der Waals surface area contributed by atoms with E-state index in [1.165, 1.54) is 12.8 Å². The lowest BCUT2D eigenvalue weighted by Gasteiger charge is -1.91. The highest BCUT2D eigenvalue weighted by Crippen LogP contribution is 2.17. The Bertz CT molecular complexity index is 531. The monoisotopic (exact) mass is 239 g/mol. The van der Waals surface area contributed by atoms with Crippen LogP contribution < -0.4 is 0 Å². The summed E-state index contributed by atoms with van der Waals surface area (Å²) in [5, 5.41) is 0.